The number of imidazole rings is 1. The number of nitrogens with one attached hydrogen (secondary N) is 1. The van der Waals surface area contributed by atoms with Crippen molar-refractivity contribution in [2.45, 2.75) is 20.4 Å². The molecule has 0 radical (unpaired) electrons. The lowest BCUT2D eigenvalue weighted by atomic mass is 10.3. The Morgan fingerprint density at radius 2 is 2.00 bits per heavy atom. The van der Waals surface area contributed by atoms with Crippen molar-refractivity contribution in [2.24, 2.45) is 0 Å². The number of aryl methyl sites for hydroxylation is 2. The SMILES string of the molecule is Cc1cc(C)n2cc(CNc3ccccc3Cl)nc2n1. The van der Waals surface area contributed by atoms with E-state index in [0.29, 0.717) is 11.6 Å². The van der Waals surface area contributed by atoms with Crippen LogP contribution in [0.1, 0.15) is 17.1 Å². The van der Waals surface area contributed by atoms with Crippen LogP contribution in [0, 0.1) is 13.8 Å². The molecule has 0 spiro atoms. The molecule has 0 atom stereocenters. The van der Waals surface area contributed by atoms with Gasteiger partial charge in [-0.2, -0.15) is 0 Å². The van der Waals surface area contributed by atoms with Gasteiger partial charge in [-0.3, -0.25) is 4.40 Å². The first kappa shape index (κ1) is 12.9. The Bertz CT molecular complexity index is 764. The van der Waals surface area contributed by atoms with Crippen LogP contribution in [0.15, 0.2) is 36.5 Å². The molecule has 2 aromatic heterocycles. The van der Waals surface area contributed by atoms with Crippen LogP contribution >= 0.6 is 11.6 Å². The smallest absolute Gasteiger partial charge is 0.234 e. The zero-order valence-corrected chi connectivity index (χ0v) is 12.1. The van der Waals surface area contributed by atoms with Gasteiger partial charge in [0.25, 0.3) is 0 Å². The van der Waals surface area contributed by atoms with Crippen molar-refractivity contribution in [3.8, 4) is 0 Å². The number of aromatic nitrogens is 3. The van der Waals surface area contributed by atoms with E-state index in [1.54, 1.807) is 0 Å². The van der Waals surface area contributed by atoms with Gasteiger partial charge in [0.05, 0.1) is 22.9 Å². The van der Waals surface area contributed by atoms with E-state index >= 15 is 0 Å². The molecule has 2 heterocycles. The zero-order valence-electron chi connectivity index (χ0n) is 11.4. The molecule has 4 nitrogen and oxygen atoms in total. The maximum absolute atomic E-state index is 6.11. The minimum Gasteiger partial charge on any atom is -0.378 e. The van der Waals surface area contributed by atoms with Crippen LogP contribution in [0.4, 0.5) is 5.69 Å². The monoisotopic (exact) mass is 286 g/mol. The average Bonchev–Trinajstić information content (AvgIpc) is 2.81. The Labute approximate surface area is 122 Å². The van der Waals surface area contributed by atoms with Crippen molar-refractivity contribution in [1.29, 1.82) is 0 Å². The fourth-order valence-corrected chi connectivity index (χ4v) is 2.40. The van der Waals surface area contributed by atoms with E-state index < -0.39 is 0 Å². The largest absolute Gasteiger partial charge is 0.378 e. The Kier molecular flexibility index (Phi) is 3.32. The average molecular weight is 287 g/mol. The highest BCUT2D eigenvalue weighted by molar-refractivity contribution is 6.33. The van der Waals surface area contributed by atoms with Crippen LogP contribution in [0.5, 0.6) is 0 Å². The first-order valence-corrected chi connectivity index (χ1v) is 6.82. The topological polar surface area (TPSA) is 42.2 Å². The number of anilines is 1. The highest BCUT2D eigenvalue weighted by Crippen LogP contribution is 2.21. The van der Waals surface area contributed by atoms with Crippen LogP contribution in [0.2, 0.25) is 5.02 Å². The maximum atomic E-state index is 6.11. The van der Waals surface area contributed by atoms with Gasteiger partial charge in [-0.25, -0.2) is 9.97 Å². The van der Waals surface area contributed by atoms with Gasteiger partial charge in [0.15, 0.2) is 0 Å². The van der Waals surface area contributed by atoms with Crippen LogP contribution in [-0.4, -0.2) is 14.4 Å². The number of para-hydroxylation sites is 1. The second-order valence-corrected chi connectivity index (χ2v) is 5.18. The predicted molar refractivity (Wildman–Crippen MR) is 81.2 cm³/mol. The summed E-state index contributed by atoms with van der Waals surface area (Å²) in [5, 5.41) is 4.00. The number of benzene rings is 1. The third-order valence-corrected chi connectivity index (χ3v) is 3.47. The van der Waals surface area contributed by atoms with E-state index in [-0.39, 0.29) is 0 Å². The summed E-state index contributed by atoms with van der Waals surface area (Å²) in [6, 6.07) is 9.72. The molecule has 3 aromatic rings. The van der Waals surface area contributed by atoms with Crippen molar-refractivity contribution in [1.82, 2.24) is 14.4 Å². The Balaban J connectivity index is 1.85. The number of fused-ring (bicyclic) bond motifs is 1. The van der Waals surface area contributed by atoms with Gasteiger partial charge in [-0.15, -0.1) is 0 Å². The highest BCUT2D eigenvalue weighted by Gasteiger charge is 2.06. The van der Waals surface area contributed by atoms with Crippen molar-refractivity contribution in [3.05, 3.63) is 58.6 Å². The summed E-state index contributed by atoms with van der Waals surface area (Å²) in [5.41, 5.74) is 3.95. The van der Waals surface area contributed by atoms with Gasteiger partial charge in [-0.1, -0.05) is 23.7 Å². The molecular formula is C15H15ClN4. The minimum absolute atomic E-state index is 0.617. The Morgan fingerprint density at radius 3 is 2.80 bits per heavy atom. The standard InChI is InChI=1S/C15H15ClN4/c1-10-7-11(2)20-9-12(19-15(20)18-10)8-17-14-6-4-3-5-13(14)16/h3-7,9,17H,8H2,1-2H3. The van der Waals surface area contributed by atoms with Crippen LogP contribution in [0.25, 0.3) is 5.78 Å². The molecule has 102 valence electrons. The molecule has 0 aliphatic rings. The molecular weight excluding hydrogens is 272 g/mol. The molecule has 20 heavy (non-hydrogen) atoms. The molecule has 0 bridgehead atoms. The predicted octanol–water partition coefficient (Wildman–Crippen LogP) is 3.61. The lowest BCUT2D eigenvalue weighted by Gasteiger charge is -2.05. The van der Waals surface area contributed by atoms with E-state index in [0.717, 1.165) is 28.5 Å². The molecule has 1 N–H and O–H groups in total. The molecule has 0 aliphatic heterocycles. The van der Waals surface area contributed by atoms with Crippen LogP contribution in [-0.2, 0) is 6.54 Å². The molecule has 0 unspecified atom stereocenters. The second kappa shape index (κ2) is 5.13. The molecule has 0 saturated heterocycles. The fraction of sp³-hybridized carbons (Fsp3) is 0.200. The number of nitrogens with zero attached hydrogens (tertiary/aromatic N) is 3. The van der Waals surface area contributed by atoms with E-state index in [4.69, 9.17) is 11.6 Å². The molecule has 0 amide bonds. The molecule has 3 rings (SSSR count). The molecule has 0 saturated carbocycles. The third kappa shape index (κ3) is 2.47. The zero-order chi connectivity index (χ0) is 14.1. The van der Waals surface area contributed by atoms with Gasteiger partial charge < -0.3 is 5.32 Å². The Morgan fingerprint density at radius 1 is 1.20 bits per heavy atom. The van der Waals surface area contributed by atoms with Crippen molar-refractivity contribution < 1.29 is 0 Å². The number of hydrogen-bond donors (Lipinski definition) is 1. The number of rotatable bonds is 3. The van der Waals surface area contributed by atoms with E-state index in [9.17, 15) is 0 Å². The highest BCUT2D eigenvalue weighted by atomic mass is 35.5. The summed E-state index contributed by atoms with van der Waals surface area (Å²) < 4.78 is 2.00. The summed E-state index contributed by atoms with van der Waals surface area (Å²) in [6.07, 6.45) is 2.00. The van der Waals surface area contributed by atoms with Crippen molar-refractivity contribution in [3.63, 3.8) is 0 Å². The molecule has 0 fully saturated rings. The first-order valence-electron chi connectivity index (χ1n) is 6.44. The lowest BCUT2D eigenvalue weighted by Crippen LogP contribution is -1.99. The Hall–Kier alpha value is -2.07. The summed E-state index contributed by atoms with van der Waals surface area (Å²) >= 11 is 6.11. The molecule has 5 heteroatoms. The third-order valence-electron chi connectivity index (χ3n) is 3.15. The summed E-state index contributed by atoms with van der Waals surface area (Å²) in [7, 11) is 0. The second-order valence-electron chi connectivity index (χ2n) is 4.77. The number of halogens is 1. The minimum atomic E-state index is 0.617. The van der Waals surface area contributed by atoms with Crippen LogP contribution in [0.3, 0.4) is 0 Å². The van der Waals surface area contributed by atoms with Gasteiger partial charge in [0.2, 0.25) is 5.78 Å². The summed E-state index contributed by atoms with van der Waals surface area (Å²) in [6.45, 7) is 4.64. The normalized spacial score (nSPS) is 10.9. The first-order chi connectivity index (χ1) is 9.63. The van der Waals surface area contributed by atoms with E-state index in [1.807, 2.05) is 47.9 Å². The quantitative estimate of drug-likeness (QED) is 0.800. The van der Waals surface area contributed by atoms with Gasteiger partial charge in [-0.05, 0) is 32.0 Å². The van der Waals surface area contributed by atoms with Crippen LogP contribution < -0.4 is 5.32 Å². The maximum Gasteiger partial charge on any atom is 0.234 e. The molecule has 1 aromatic carbocycles. The van der Waals surface area contributed by atoms with Crippen molar-refractivity contribution >= 4 is 23.1 Å². The number of hydrogen-bond acceptors (Lipinski definition) is 3. The lowest BCUT2D eigenvalue weighted by molar-refractivity contribution is 1.01. The summed E-state index contributed by atoms with van der Waals surface area (Å²) in [4.78, 5) is 8.95. The summed E-state index contributed by atoms with van der Waals surface area (Å²) in [5.74, 6) is 0.735. The van der Waals surface area contributed by atoms with E-state index in [2.05, 4.69) is 22.2 Å². The van der Waals surface area contributed by atoms with E-state index in [1.165, 1.54) is 0 Å². The van der Waals surface area contributed by atoms with Gasteiger partial charge in [0, 0.05) is 17.6 Å². The van der Waals surface area contributed by atoms with Gasteiger partial charge >= 0.3 is 0 Å². The fourth-order valence-electron chi connectivity index (χ4n) is 2.19. The molecule has 0 aliphatic carbocycles. The van der Waals surface area contributed by atoms with Gasteiger partial charge in [0.1, 0.15) is 0 Å². The van der Waals surface area contributed by atoms with Crippen molar-refractivity contribution in [2.75, 3.05) is 5.32 Å².